The first-order valence-electron chi connectivity index (χ1n) is 8.48. The van der Waals surface area contributed by atoms with Crippen molar-refractivity contribution in [2.24, 2.45) is 5.41 Å². The quantitative estimate of drug-likeness (QED) is 0.367. The summed E-state index contributed by atoms with van der Waals surface area (Å²) in [5, 5.41) is 10.1. The third-order valence-electron chi connectivity index (χ3n) is 5.45. The number of hydrogen-bond acceptors (Lipinski definition) is 5. The number of rotatable bonds is 4. The van der Waals surface area contributed by atoms with Crippen molar-refractivity contribution in [3.8, 4) is 0 Å². The molecular formula is C20H24O5. The number of fused-ring (bicyclic) bond motifs is 1. The number of aliphatic hydroxyl groups is 1. The van der Waals surface area contributed by atoms with Gasteiger partial charge in [0.05, 0.1) is 11.7 Å². The molecule has 2 aliphatic heterocycles. The van der Waals surface area contributed by atoms with Crippen LogP contribution in [0.3, 0.4) is 0 Å². The molecule has 0 aromatic rings. The second-order valence-corrected chi connectivity index (χ2v) is 7.93. The fourth-order valence-electron chi connectivity index (χ4n) is 4.26. The van der Waals surface area contributed by atoms with Crippen LogP contribution in [0.5, 0.6) is 0 Å². The molecule has 5 heteroatoms. The topological polar surface area (TPSA) is 76.1 Å². The smallest absolute Gasteiger partial charge is 0.343 e. The van der Waals surface area contributed by atoms with Gasteiger partial charge in [-0.25, -0.2) is 4.79 Å². The highest BCUT2D eigenvalue weighted by Gasteiger charge is 2.74. The molecule has 2 heterocycles. The number of epoxide rings is 1. The summed E-state index contributed by atoms with van der Waals surface area (Å²) in [5.41, 5.74) is 0.0224. The number of cyclic esters (lactones) is 1. The van der Waals surface area contributed by atoms with Crippen LogP contribution in [-0.4, -0.2) is 34.7 Å². The fourth-order valence-corrected chi connectivity index (χ4v) is 4.26. The maximum atomic E-state index is 12.1. The van der Waals surface area contributed by atoms with Crippen LogP contribution in [0.4, 0.5) is 0 Å². The van der Waals surface area contributed by atoms with Gasteiger partial charge in [-0.15, -0.1) is 0 Å². The second-order valence-electron chi connectivity index (χ2n) is 7.93. The molecule has 3 unspecified atom stereocenters. The highest BCUT2D eigenvalue weighted by atomic mass is 16.6. The summed E-state index contributed by atoms with van der Waals surface area (Å²) in [5.74, 6) is -0.00985. The third kappa shape index (κ3) is 2.92. The molecule has 1 N–H and O–H groups in total. The number of aldehydes is 1. The number of ether oxygens (including phenoxy) is 2. The predicted molar refractivity (Wildman–Crippen MR) is 92.5 cm³/mol. The number of carbonyl (C=O) groups is 2. The summed E-state index contributed by atoms with van der Waals surface area (Å²) >= 11 is 0. The fraction of sp³-hybridized carbons (Fsp3) is 0.500. The van der Waals surface area contributed by atoms with Gasteiger partial charge in [0.15, 0.2) is 0 Å². The third-order valence-corrected chi connectivity index (χ3v) is 5.45. The van der Waals surface area contributed by atoms with Crippen molar-refractivity contribution in [1.82, 2.24) is 0 Å². The molecule has 2 fully saturated rings. The average molecular weight is 344 g/mol. The Bertz CT molecular complexity index is 739. The Hall–Kier alpha value is -1.98. The largest absolute Gasteiger partial charge is 0.423 e. The first kappa shape index (κ1) is 17.8. The SMILES string of the molecule is CC(=C\C=O)/C=C1C=C(/C=C/C23OC2(C)CC(O)CC3(C)C)C(=O)O\1. The van der Waals surface area contributed by atoms with E-state index in [1.54, 1.807) is 25.2 Å². The molecule has 1 saturated heterocycles. The minimum atomic E-state index is -0.486. The van der Waals surface area contributed by atoms with Crippen molar-refractivity contribution in [2.75, 3.05) is 0 Å². The minimum Gasteiger partial charge on any atom is -0.423 e. The van der Waals surface area contributed by atoms with Crippen molar-refractivity contribution in [2.45, 2.75) is 57.8 Å². The van der Waals surface area contributed by atoms with E-state index in [1.807, 2.05) is 13.0 Å². The van der Waals surface area contributed by atoms with E-state index in [1.165, 1.54) is 6.08 Å². The zero-order valence-corrected chi connectivity index (χ0v) is 15.0. The Morgan fingerprint density at radius 2 is 2.04 bits per heavy atom. The molecule has 3 rings (SSSR count). The molecule has 0 amide bonds. The summed E-state index contributed by atoms with van der Waals surface area (Å²) < 4.78 is 11.3. The summed E-state index contributed by atoms with van der Waals surface area (Å²) in [6, 6.07) is 0. The Morgan fingerprint density at radius 1 is 1.32 bits per heavy atom. The molecule has 134 valence electrons. The van der Waals surface area contributed by atoms with Crippen LogP contribution in [0, 0.1) is 5.41 Å². The van der Waals surface area contributed by atoms with Gasteiger partial charge in [-0.1, -0.05) is 13.8 Å². The Morgan fingerprint density at radius 3 is 2.68 bits per heavy atom. The molecule has 0 aromatic heterocycles. The van der Waals surface area contributed by atoms with Crippen LogP contribution in [0.25, 0.3) is 0 Å². The molecule has 3 atom stereocenters. The Labute approximate surface area is 147 Å². The molecule has 0 bridgehead atoms. The molecule has 0 spiro atoms. The minimum absolute atomic E-state index is 0.235. The molecule has 3 aliphatic rings. The van der Waals surface area contributed by atoms with Crippen molar-refractivity contribution >= 4 is 12.3 Å². The molecule has 0 aromatic carbocycles. The van der Waals surface area contributed by atoms with E-state index in [4.69, 9.17) is 9.47 Å². The maximum Gasteiger partial charge on any atom is 0.343 e. The van der Waals surface area contributed by atoms with Gasteiger partial charge in [0.1, 0.15) is 23.2 Å². The van der Waals surface area contributed by atoms with Gasteiger partial charge in [0.25, 0.3) is 0 Å². The van der Waals surface area contributed by atoms with Crippen molar-refractivity contribution in [3.63, 3.8) is 0 Å². The molecule has 25 heavy (non-hydrogen) atoms. The summed E-state index contributed by atoms with van der Waals surface area (Å²) in [4.78, 5) is 22.5. The maximum absolute atomic E-state index is 12.1. The van der Waals surface area contributed by atoms with E-state index in [9.17, 15) is 14.7 Å². The van der Waals surface area contributed by atoms with Crippen LogP contribution in [0.15, 0.2) is 47.3 Å². The first-order chi connectivity index (χ1) is 11.6. The van der Waals surface area contributed by atoms with Gasteiger partial charge in [-0.3, -0.25) is 4.79 Å². The van der Waals surface area contributed by atoms with Gasteiger partial charge in [0.2, 0.25) is 0 Å². The highest BCUT2D eigenvalue weighted by Crippen LogP contribution is 2.66. The number of esters is 1. The lowest BCUT2D eigenvalue weighted by atomic mass is 9.63. The highest BCUT2D eigenvalue weighted by molar-refractivity contribution is 5.95. The molecule has 0 radical (unpaired) electrons. The van der Waals surface area contributed by atoms with Crippen LogP contribution < -0.4 is 0 Å². The van der Waals surface area contributed by atoms with E-state index in [0.29, 0.717) is 36.0 Å². The van der Waals surface area contributed by atoms with Crippen molar-refractivity contribution in [3.05, 3.63) is 47.3 Å². The van der Waals surface area contributed by atoms with Crippen LogP contribution >= 0.6 is 0 Å². The first-order valence-corrected chi connectivity index (χ1v) is 8.48. The second kappa shape index (κ2) is 5.78. The van der Waals surface area contributed by atoms with Crippen molar-refractivity contribution < 1.29 is 24.2 Å². The number of allylic oxidation sites excluding steroid dienone is 4. The Balaban J connectivity index is 1.84. The van der Waals surface area contributed by atoms with Gasteiger partial charge >= 0.3 is 5.97 Å². The lowest BCUT2D eigenvalue weighted by molar-refractivity contribution is -0.132. The summed E-state index contributed by atoms with van der Waals surface area (Å²) in [6.45, 7) is 7.91. The van der Waals surface area contributed by atoms with Gasteiger partial charge in [-0.05, 0) is 56.2 Å². The zero-order chi connectivity index (χ0) is 18.5. The molecular weight excluding hydrogens is 320 g/mol. The van der Waals surface area contributed by atoms with E-state index in [2.05, 4.69) is 13.8 Å². The zero-order valence-electron chi connectivity index (χ0n) is 15.0. The molecule has 1 aliphatic carbocycles. The monoisotopic (exact) mass is 344 g/mol. The average Bonchev–Trinajstić information content (AvgIpc) is 2.94. The van der Waals surface area contributed by atoms with E-state index >= 15 is 0 Å². The van der Waals surface area contributed by atoms with E-state index < -0.39 is 17.2 Å². The van der Waals surface area contributed by atoms with Gasteiger partial charge in [-0.2, -0.15) is 0 Å². The normalized spacial score (nSPS) is 38.5. The molecule has 1 saturated carbocycles. The lowest BCUT2D eigenvalue weighted by Gasteiger charge is -2.39. The van der Waals surface area contributed by atoms with E-state index in [0.717, 1.165) is 0 Å². The lowest BCUT2D eigenvalue weighted by Crippen LogP contribution is -2.46. The van der Waals surface area contributed by atoms with Gasteiger partial charge < -0.3 is 14.6 Å². The predicted octanol–water partition coefficient (Wildman–Crippen LogP) is 2.76. The number of carbonyl (C=O) groups excluding carboxylic acids is 2. The van der Waals surface area contributed by atoms with Crippen molar-refractivity contribution in [1.29, 1.82) is 0 Å². The van der Waals surface area contributed by atoms with E-state index in [-0.39, 0.29) is 11.5 Å². The van der Waals surface area contributed by atoms with Gasteiger partial charge in [0, 0.05) is 11.8 Å². The summed E-state index contributed by atoms with van der Waals surface area (Å²) in [6.07, 6.45) is 9.93. The Kier molecular flexibility index (Phi) is 4.12. The number of hydrogen-bond donors (Lipinski definition) is 1. The van der Waals surface area contributed by atoms with Crippen LogP contribution in [0.1, 0.15) is 40.5 Å². The van der Waals surface area contributed by atoms with Crippen LogP contribution in [0.2, 0.25) is 0 Å². The molecule has 5 nitrogen and oxygen atoms in total. The number of aliphatic hydroxyl groups excluding tert-OH is 1. The standard InChI is InChI=1S/C20H24O5/c1-13(6-8-21)9-16-10-14(17(23)24-16)5-7-20-18(2,3)11-15(22)12-19(20,4)25-20/h5-10,15,22H,11-12H2,1-4H3/b7-5+,13-6+,16-9+. The summed E-state index contributed by atoms with van der Waals surface area (Å²) in [7, 11) is 0. The van der Waals surface area contributed by atoms with Crippen LogP contribution in [-0.2, 0) is 19.1 Å².